The van der Waals surface area contributed by atoms with Gasteiger partial charge in [-0.15, -0.1) is 0 Å². The van der Waals surface area contributed by atoms with Gasteiger partial charge in [0.1, 0.15) is 23.1 Å². The lowest BCUT2D eigenvalue weighted by molar-refractivity contribution is -0.132. The summed E-state index contributed by atoms with van der Waals surface area (Å²) in [6, 6.07) is 14.8. The van der Waals surface area contributed by atoms with Crippen molar-refractivity contribution >= 4 is 44.1 Å². The van der Waals surface area contributed by atoms with Crippen molar-refractivity contribution in [2.45, 2.75) is 13.0 Å². The Morgan fingerprint density at radius 3 is 2.54 bits per heavy atom. The molecule has 1 aliphatic rings. The summed E-state index contributed by atoms with van der Waals surface area (Å²) in [5.74, 6) is -2.69. The van der Waals surface area contributed by atoms with Crippen LogP contribution in [0, 0.1) is 11.6 Å². The van der Waals surface area contributed by atoms with E-state index in [9.17, 15) is 23.5 Å². The second-order valence-electron chi connectivity index (χ2n) is 7.79. The van der Waals surface area contributed by atoms with Gasteiger partial charge in [-0.3, -0.25) is 14.5 Å². The molecule has 35 heavy (non-hydrogen) atoms. The van der Waals surface area contributed by atoms with E-state index in [0.717, 1.165) is 23.5 Å². The highest BCUT2D eigenvalue weighted by Crippen LogP contribution is 2.44. The molecule has 0 spiro atoms. The zero-order valence-electron chi connectivity index (χ0n) is 18.4. The normalized spacial score (nSPS) is 17.3. The van der Waals surface area contributed by atoms with Crippen molar-refractivity contribution in [1.82, 2.24) is 4.98 Å². The standard InChI is InChI=1S/C26H18F2N2O4S/c1-2-34-18-5-3-4-15(12-18)22-21(23(31)14-6-8-16(27)9-7-14)24(32)25(33)30(22)26-29-19-11-10-17(28)13-20(19)35-26/h3-13,22,31H,2H2,1H3/b23-21+. The number of ether oxygens (including phenoxy) is 1. The SMILES string of the molecule is CCOc1cccc(C2/C(=C(\O)c3ccc(F)cc3)C(=O)C(=O)N2c2nc3ccc(F)cc3s2)c1. The Kier molecular flexibility index (Phi) is 5.78. The van der Waals surface area contributed by atoms with Crippen LogP contribution in [0.25, 0.3) is 16.0 Å². The number of nitrogens with zero attached hydrogens (tertiary/aromatic N) is 2. The summed E-state index contributed by atoms with van der Waals surface area (Å²) in [6.45, 7) is 2.23. The lowest BCUT2D eigenvalue weighted by Crippen LogP contribution is -2.29. The Morgan fingerprint density at radius 1 is 1.06 bits per heavy atom. The molecule has 0 saturated carbocycles. The summed E-state index contributed by atoms with van der Waals surface area (Å²) < 4.78 is 33.3. The quantitative estimate of drug-likeness (QED) is 0.223. The van der Waals surface area contributed by atoms with Crippen LogP contribution < -0.4 is 9.64 Å². The van der Waals surface area contributed by atoms with Gasteiger partial charge in [0, 0.05) is 5.56 Å². The molecule has 1 aromatic heterocycles. The number of carbonyl (C=O) groups is 2. The number of ketones is 1. The molecular weight excluding hydrogens is 474 g/mol. The summed E-state index contributed by atoms with van der Waals surface area (Å²) in [4.78, 5) is 32.2. The topological polar surface area (TPSA) is 79.7 Å². The Labute approximate surface area is 202 Å². The maximum absolute atomic E-state index is 13.8. The third-order valence-corrected chi connectivity index (χ3v) is 6.61. The number of fused-ring (bicyclic) bond motifs is 1. The van der Waals surface area contributed by atoms with Crippen molar-refractivity contribution < 1.29 is 28.2 Å². The van der Waals surface area contributed by atoms with Gasteiger partial charge in [0.25, 0.3) is 5.78 Å². The molecule has 2 heterocycles. The van der Waals surface area contributed by atoms with E-state index in [0.29, 0.717) is 28.1 Å². The van der Waals surface area contributed by atoms with Gasteiger partial charge in [-0.05, 0) is 67.1 Å². The van der Waals surface area contributed by atoms with Crippen LogP contribution in [0.4, 0.5) is 13.9 Å². The van der Waals surface area contributed by atoms with Gasteiger partial charge in [0.2, 0.25) is 0 Å². The van der Waals surface area contributed by atoms with Gasteiger partial charge in [-0.25, -0.2) is 13.8 Å². The molecule has 1 unspecified atom stereocenters. The number of hydrogen-bond acceptors (Lipinski definition) is 6. The summed E-state index contributed by atoms with van der Waals surface area (Å²) in [5.41, 5.74) is 0.986. The van der Waals surface area contributed by atoms with Gasteiger partial charge < -0.3 is 9.84 Å². The smallest absolute Gasteiger partial charge is 0.301 e. The first-order valence-electron chi connectivity index (χ1n) is 10.7. The highest BCUT2D eigenvalue weighted by molar-refractivity contribution is 7.22. The Morgan fingerprint density at radius 2 is 1.80 bits per heavy atom. The number of thiazole rings is 1. The van der Waals surface area contributed by atoms with E-state index in [-0.39, 0.29) is 16.3 Å². The second kappa shape index (κ2) is 8.92. The first-order chi connectivity index (χ1) is 16.9. The molecule has 5 rings (SSSR count). The van der Waals surface area contributed by atoms with Gasteiger partial charge in [-0.2, -0.15) is 0 Å². The van der Waals surface area contributed by atoms with Crippen molar-refractivity contribution in [2.24, 2.45) is 0 Å². The molecule has 1 atom stereocenters. The lowest BCUT2D eigenvalue weighted by atomic mass is 9.95. The minimum Gasteiger partial charge on any atom is -0.507 e. The number of aliphatic hydroxyl groups excluding tert-OH is 1. The average molecular weight is 493 g/mol. The fourth-order valence-electron chi connectivity index (χ4n) is 4.04. The van der Waals surface area contributed by atoms with Crippen LogP contribution in [0.2, 0.25) is 0 Å². The van der Waals surface area contributed by atoms with Crippen LogP contribution in [0.1, 0.15) is 24.1 Å². The second-order valence-corrected chi connectivity index (χ2v) is 8.80. The summed E-state index contributed by atoms with van der Waals surface area (Å²) >= 11 is 1.06. The van der Waals surface area contributed by atoms with Gasteiger partial charge in [-0.1, -0.05) is 23.5 Å². The van der Waals surface area contributed by atoms with E-state index in [1.54, 1.807) is 24.3 Å². The third kappa shape index (κ3) is 4.04. The number of rotatable bonds is 5. The number of hydrogen-bond donors (Lipinski definition) is 1. The summed E-state index contributed by atoms with van der Waals surface area (Å²) in [6.07, 6.45) is 0. The van der Waals surface area contributed by atoms with Crippen molar-refractivity contribution in [3.05, 3.63) is 95.1 Å². The molecule has 0 aliphatic carbocycles. The van der Waals surface area contributed by atoms with Gasteiger partial charge >= 0.3 is 5.91 Å². The molecule has 0 radical (unpaired) electrons. The largest absolute Gasteiger partial charge is 0.507 e. The molecule has 6 nitrogen and oxygen atoms in total. The maximum atomic E-state index is 13.8. The van der Waals surface area contributed by atoms with Gasteiger partial charge in [0.15, 0.2) is 5.13 Å². The number of halogens is 2. The van der Waals surface area contributed by atoms with Crippen LogP contribution in [-0.2, 0) is 9.59 Å². The number of carbonyl (C=O) groups excluding carboxylic acids is 2. The fraction of sp³-hybridized carbons (Fsp3) is 0.115. The van der Waals surface area contributed by atoms with Crippen LogP contribution in [0.5, 0.6) is 5.75 Å². The Balaban J connectivity index is 1.72. The van der Waals surface area contributed by atoms with Crippen LogP contribution in [-0.4, -0.2) is 28.4 Å². The molecule has 0 bridgehead atoms. The van der Waals surface area contributed by atoms with Gasteiger partial charge in [0.05, 0.1) is 28.4 Å². The van der Waals surface area contributed by atoms with Crippen molar-refractivity contribution in [2.75, 3.05) is 11.5 Å². The summed E-state index contributed by atoms with van der Waals surface area (Å²) in [5, 5.41) is 11.3. The molecule has 1 fully saturated rings. The number of benzene rings is 3. The van der Waals surface area contributed by atoms with E-state index >= 15 is 0 Å². The molecular formula is C26H18F2N2O4S. The minimum atomic E-state index is -1.04. The van der Waals surface area contributed by atoms with Crippen LogP contribution in [0.15, 0.2) is 72.3 Å². The zero-order chi connectivity index (χ0) is 24.7. The number of Topliss-reactive ketones (excluding diaryl/α,β-unsaturated/α-hetero) is 1. The highest BCUT2D eigenvalue weighted by atomic mass is 32.1. The highest BCUT2D eigenvalue weighted by Gasteiger charge is 2.48. The lowest BCUT2D eigenvalue weighted by Gasteiger charge is -2.23. The van der Waals surface area contributed by atoms with E-state index in [2.05, 4.69) is 4.98 Å². The first kappa shape index (κ1) is 22.7. The fourth-order valence-corrected chi connectivity index (χ4v) is 5.06. The Hall–Kier alpha value is -4.11. The molecule has 1 amide bonds. The van der Waals surface area contributed by atoms with E-state index in [4.69, 9.17) is 4.74 Å². The first-order valence-corrected chi connectivity index (χ1v) is 11.5. The minimum absolute atomic E-state index is 0.166. The van der Waals surface area contributed by atoms with E-state index in [1.807, 2.05) is 6.92 Å². The van der Waals surface area contributed by atoms with E-state index in [1.165, 1.54) is 35.2 Å². The molecule has 1 saturated heterocycles. The number of aromatic nitrogens is 1. The van der Waals surface area contributed by atoms with Crippen LogP contribution >= 0.6 is 11.3 Å². The number of anilines is 1. The molecule has 176 valence electrons. The molecule has 4 aromatic rings. The zero-order valence-corrected chi connectivity index (χ0v) is 19.2. The predicted octanol–water partition coefficient (Wildman–Crippen LogP) is 5.60. The van der Waals surface area contributed by atoms with Crippen LogP contribution in [0.3, 0.4) is 0 Å². The molecule has 9 heteroatoms. The molecule has 3 aromatic carbocycles. The van der Waals surface area contributed by atoms with E-state index < -0.39 is 35.1 Å². The predicted molar refractivity (Wildman–Crippen MR) is 128 cm³/mol. The Bertz CT molecular complexity index is 1500. The van der Waals surface area contributed by atoms with Crippen molar-refractivity contribution in [3.63, 3.8) is 0 Å². The number of aliphatic hydroxyl groups is 1. The number of amides is 1. The van der Waals surface area contributed by atoms with Crippen molar-refractivity contribution in [1.29, 1.82) is 0 Å². The summed E-state index contributed by atoms with van der Waals surface area (Å²) in [7, 11) is 0. The molecule has 1 aliphatic heterocycles. The average Bonchev–Trinajstić information content (AvgIpc) is 3.37. The monoisotopic (exact) mass is 492 g/mol. The molecule has 1 N–H and O–H groups in total. The van der Waals surface area contributed by atoms with Crippen molar-refractivity contribution in [3.8, 4) is 5.75 Å². The third-order valence-electron chi connectivity index (χ3n) is 5.59. The maximum Gasteiger partial charge on any atom is 0.301 e.